The molecule has 0 saturated carbocycles. The molecule has 0 aliphatic rings. The summed E-state index contributed by atoms with van der Waals surface area (Å²) in [6, 6.07) is 0. The minimum absolute atomic E-state index is 0.100. The van der Waals surface area contributed by atoms with E-state index in [1.165, 1.54) is 141 Å². The lowest BCUT2D eigenvalue weighted by Gasteiger charge is -2.21. The monoisotopic (exact) mass is 1380 g/mol. The molecule has 94 heavy (non-hydrogen) atoms. The molecule has 0 amide bonds. The van der Waals surface area contributed by atoms with Crippen molar-refractivity contribution in [1.82, 2.24) is 0 Å². The summed E-state index contributed by atoms with van der Waals surface area (Å²) in [6.07, 6.45) is 53.8. The van der Waals surface area contributed by atoms with E-state index in [1.54, 1.807) is 0 Å². The number of ether oxygens (including phenoxy) is 4. The van der Waals surface area contributed by atoms with Gasteiger partial charge in [-0.25, -0.2) is 9.13 Å². The van der Waals surface area contributed by atoms with Gasteiger partial charge in [-0.2, -0.15) is 0 Å². The van der Waals surface area contributed by atoms with Gasteiger partial charge in [-0.1, -0.05) is 304 Å². The van der Waals surface area contributed by atoms with Crippen LogP contribution in [-0.4, -0.2) is 96.7 Å². The number of carbonyl (C=O) groups excluding carboxylic acids is 4. The fraction of sp³-hybridized carbons (Fsp3) is 0.893. The summed E-state index contributed by atoms with van der Waals surface area (Å²) in [6.45, 7) is 11.7. The standard InChI is InChI=1S/C75H142O17P2/c1-8-9-10-11-12-13-14-15-18-22-25-28-35-42-49-56-72(77)85-62-70(91-74(79)58-51-44-36-29-26-23-20-17-16-19-21-24-27-32-39-46-53-66(2)3)64-89-93(81,82)87-60-69(76)61-88-94(83,84)90-65-71(92-75(80)59-52-45-38-31-34-41-48-55-68(6)7)63-86-73(78)57-50-43-37-30-33-40-47-54-67(4)5/h13-15,18,66-71,76H,8-12,16-17,19-65H2,1-7H3,(H,81,82)(H,83,84)/b14-13-,18-15-/t69?,70-,71-/m1/s1. The van der Waals surface area contributed by atoms with Crippen molar-refractivity contribution in [2.24, 2.45) is 17.8 Å². The molecule has 0 spiro atoms. The van der Waals surface area contributed by atoms with Gasteiger partial charge < -0.3 is 33.8 Å². The van der Waals surface area contributed by atoms with Crippen LogP contribution in [0.5, 0.6) is 0 Å². The Morgan fingerprint density at radius 3 is 0.862 bits per heavy atom. The van der Waals surface area contributed by atoms with Gasteiger partial charge in [-0.05, 0) is 69.1 Å². The van der Waals surface area contributed by atoms with Crippen LogP contribution in [0.25, 0.3) is 0 Å². The number of aliphatic hydroxyl groups is 1. The highest BCUT2D eigenvalue weighted by atomic mass is 31.2. The predicted molar refractivity (Wildman–Crippen MR) is 381 cm³/mol. The van der Waals surface area contributed by atoms with Crippen molar-refractivity contribution in [2.45, 2.75) is 375 Å². The molecule has 0 aromatic heterocycles. The summed E-state index contributed by atoms with van der Waals surface area (Å²) in [5, 5.41) is 10.6. The number of phosphoric ester groups is 2. The van der Waals surface area contributed by atoms with Gasteiger partial charge in [0.15, 0.2) is 12.2 Å². The van der Waals surface area contributed by atoms with Crippen LogP contribution in [0.3, 0.4) is 0 Å². The second kappa shape index (κ2) is 65.2. The van der Waals surface area contributed by atoms with Crippen molar-refractivity contribution in [3.63, 3.8) is 0 Å². The molecule has 0 heterocycles. The van der Waals surface area contributed by atoms with Crippen molar-refractivity contribution in [2.75, 3.05) is 39.6 Å². The molecule has 0 radical (unpaired) electrons. The first kappa shape index (κ1) is 91.5. The Hall–Kier alpha value is -2.46. The third-order valence-electron chi connectivity index (χ3n) is 16.8. The Morgan fingerprint density at radius 2 is 0.574 bits per heavy atom. The molecule has 0 aromatic carbocycles. The third-order valence-corrected chi connectivity index (χ3v) is 18.7. The van der Waals surface area contributed by atoms with Gasteiger partial charge in [-0.15, -0.1) is 0 Å². The topological polar surface area (TPSA) is 237 Å². The Morgan fingerprint density at radius 1 is 0.330 bits per heavy atom. The Bertz CT molecular complexity index is 1930. The van der Waals surface area contributed by atoms with Crippen LogP contribution in [0, 0.1) is 17.8 Å². The van der Waals surface area contributed by atoms with Gasteiger partial charge in [-0.3, -0.25) is 37.3 Å². The minimum Gasteiger partial charge on any atom is -0.462 e. The van der Waals surface area contributed by atoms with Crippen LogP contribution in [0.1, 0.15) is 357 Å². The van der Waals surface area contributed by atoms with Crippen LogP contribution in [-0.2, 0) is 65.4 Å². The maximum atomic E-state index is 13.1. The van der Waals surface area contributed by atoms with E-state index >= 15 is 0 Å². The molecule has 17 nitrogen and oxygen atoms in total. The van der Waals surface area contributed by atoms with E-state index in [1.807, 2.05) is 0 Å². The van der Waals surface area contributed by atoms with Crippen molar-refractivity contribution in [3.8, 4) is 0 Å². The average molecular weight is 1380 g/mol. The molecule has 554 valence electrons. The van der Waals surface area contributed by atoms with Gasteiger partial charge in [0.1, 0.15) is 19.3 Å². The smallest absolute Gasteiger partial charge is 0.462 e. The molecule has 0 aromatic rings. The average Bonchev–Trinajstić information content (AvgIpc) is 1.21. The van der Waals surface area contributed by atoms with Crippen molar-refractivity contribution >= 4 is 39.5 Å². The van der Waals surface area contributed by atoms with E-state index in [0.29, 0.717) is 37.5 Å². The maximum absolute atomic E-state index is 13.1. The van der Waals surface area contributed by atoms with Crippen molar-refractivity contribution < 1.29 is 80.2 Å². The highest BCUT2D eigenvalue weighted by molar-refractivity contribution is 7.47. The second-order valence-electron chi connectivity index (χ2n) is 27.8. The van der Waals surface area contributed by atoms with Crippen molar-refractivity contribution in [3.05, 3.63) is 24.3 Å². The zero-order valence-corrected chi connectivity index (χ0v) is 62.7. The Balaban J connectivity index is 5.25. The molecule has 0 aliphatic carbocycles. The Kier molecular flexibility index (Phi) is 63.5. The van der Waals surface area contributed by atoms with Crippen LogP contribution < -0.4 is 0 Å². The molecule has 3 unspecified atom stereocenters. The number of hydrogen-bond donors (Lipinski definition) is 3. The lowest BCUT2D eigenvalue weighted by atomic mass is 10.0. The summed E-state index contributed by atoms with van der Waals surface area (Å²) < 4.78 is 68.4. The van der Waals surface area contributed by atoms with Crippen LogP contribution in [0.15, 0.2) is 24.3 Å². The molecular formula is C75H142O17P2. The lowest BCUT2D eigenvalue weighted by molar-refractivity contribution is -0.161. The number of esters is 4. The largest absolute Gasteiger partial charge is 0.472 e. The van der Waals surface area contributed by atoms with Gasteiger partial charge in [0.25, 0.3) is 0 Å². The number of aliphatic hydroxyl groups excluding tert-OH is 1. The van der Waals surface area contributed by atoms with Crippen LogP contribution in [0.2, 0.25) is 0 Å². The first-order valence-corrected chi connectivity index (χ1v) is 41.2. The highest BCUT2D eigenvalue weighted by Gasteiger charge is 2.30. The lowest BCUT2D eigenvalue weighted by Crippen LogP contribution is -2.30. The van der Waals surface area contributed by atoms with Crippen LogP contribution >= 0.6 is 15.6 Å². The summed E-state index contributed by atoms with van der Waals surface area (Å²) in [5.41, 5.74) is 0. The second-order valence-corrected chi connectivity index (χ2v) is 30.7. The zero-order valence-electron chi connectivity index (χ0n) is 60.9. The fourth-order valence-corrected chi connectivity index (χ4v) is 12.5. The van der Waals surface area contributed by atoms with Gasteiger partial charge >= 0.3 is 39.5 Å². The predicted octanol–water partition coefficient (Wildman–Crippen LogP) is 21.3. The summed E-state index contributed by atoms with van der Waals surface area (Å²) >= 11 is 0. The van der Waals surface area contributed by atoms with E-state index in [-0.39, 0.29) is 25.7 Å². The summed E-state index contributed by atoms with van der Waals surface area (Å²) in [4.78, 5) is 72.7. The van der Waals surface area contributed by atoms with E-state index in [0.717, 1.165) is 121 Å². The molecule has 3 N–H and O–H groups in total. The summed E-state index contributed by atoms with van der Waals surface area (Å²) in [7, 11) is -9.92. The fourth-order valence-electron chi connectivity index (χ4n) is 10.9. The van der Waals surface area contributed by atoms with Gasteiger partial charge in [0.05, 0.1) is 26.4 Å². The van der Waals surface area contributed by atoms with E-state index in [4.69, 9.17) is 37.0 Å². The first-order valence-electron chi connectivity index (χ1n) is 38.2. The van der Waals surface area contributed by atoms with E-state index in [9.17, 15) is 43.2 Å². The number of carbonyl (C=O) groups is 4. The number of unbranched alkanes of at least 4 members (excludes halogenated alkanes) is 36. The highest BCUT2D eigenvalue weighted by Crippen LogP contribution is 2.45. The number of phosphoric acid groups is 2. The van der Waals surface area contributed by atoms with Crippen LogP contribution in [0.4, 0.5) is 0 Å². The molecule has 19 heteroatoms. The normalized spacial score (nSPS) is 14.3. The van der Waals surface area contributed by atoms with Gasteiger partial charge in [0.2, 0.25) is 0 Å². The zero-order chi connectivity index (χ0) is 69.4. The maximum Gasteiger partial charge on any atom is 0.472 e. The number of allylic oxidation sites excluding steroid dienone is 4. The van der Waals surface area contributed by atoms with E-state index < -0.39 is 97.5 Å². The first-order chi connectivity index (χ1) is 45.2. The number of hydrogen-bond acceptors (Lipinski definition) is 15. The molecular weight excluding hydrogens is 1230 g/mol. The summed E-state index contributed by atoms with van der Waals surface area (Å²) in [5.74, 6) is 0.0512. The molecule has 0 bridgehead atoms. The Labute approximate surface area is 573 Å². The molecule has 0 rings (SSSR count). The molecule has 0 saturated heterocycles. The molecule has 5 atom stereocenters. The van der Waals surface area contributed by atoms with E-state index in [2.05, 4.69) is 72.8 Å². The molecule has 0 fully saturated rings. The van der Waals surface area contributed by atoms with Crippen molar-refractivity contribution in [1.29, 1.82) is 0 Å². The number of rotatable bonds is 71. The minimum atomic E-state index is -4.96. The third kappa shape index (κ3) is 68.1. The quantitative estimate of drug-likeness (QED) is 0.0169. The van der Waals surface area contributed by atoms with Gasteiger partial charge in [0, 0.05) is 25.7 Å². The molecule has 0 aliphatic heterocycles. The SMILES string of the molecule is CCCCCC/C=C\C=C/CCCCCCCC(=O)OC[C@H](COP(=O)(O)OCC(O)COP(=O)(O)OC[C@@H](COC(=O)CCCCCCCCCC(C)C)OC(=O)CCCCCCCCCC(C)C)OC(=O)CCCCCCCCCCCCCCCCCCC(C)C.